The van der Waals surface area contributed by atoms with Crippen LogP contribution in [-0.2, 0) is 0 Å². The van der Waals surface area contributed by atoms with Crippen LogP contribution >= 0.6 is 0 Å². The molecule has 0 radical (unpaired) electrons. The van der Waals surface area contributed by atoms with Gasteiger partial charge in [0.1, 0.15) is 6.04 Å². The lowest BCUT2D eigenvalue weighted by Gasteiger charge is -2.02. The summed E-state index contributed by atoms with van der Waals surface area (Å²) in [7, 11) is 0. The topological polar surface area (TPSA) is 93.0 Å². The van der Waals surface area contributed by atoms with Gasteiger partial charge in [-0.1, -0.05) is 6.07 Å². The number of nitriles is 1. The van der Waals surface area contributed by atoms with E-state index in [1.807, 2.05) is 0 Å². The summed E-state index contributed by atoms with van der Waals surface area (Å²) in [6, 6.07) is 3.85. The van der Waals surface area contributed by atoms with Crippen LogP contribution in [0, 0.1) is 27.3 Å². The molecule has 0 amide bonds. The molecule has 0 bridgehead atoms. The van der Waals surface area contributed by atoms with Gasteiger partial charge in [0, 0.05) is 6.07 Å². The van der Waals surface area contributed by atoms with Crippen LogP contribution in [0.25, 0.3) is 0 Å². The number of halogens is 1. The molecule has 0 saturated carbocycles. The Morgan fingerprint density at radius 3 is 2.79 bits per heavy atom. The average molecular weight is 195 g/mol. The van der Waals surface area contributed by atoms with Gasteiger partial charge in [-0.3, -0.25) is 10.1 Å². The zero-order valence-corrected chi connectivity index (χ0v) is 6.98. The molecule has 0 fully saturated rings. The number of hydrogen-bond acceptors (Lipinski definition) is 4. The molecule has 2 N–H and O–H groups in total. The summed E-state index contributed by atoms with van der Waals surface area (Å²) in [5.74, 6) is -0.941. The summed E-state index contributed by atoms with van der Waals surface area (Å²) in [4.78, 5) is 9.47. The highest BCUT2D eigenvalue weighted by Gasteiger charge is 2.16. The van der Waals surface area contributed by atoms with Crippen LogP contribution in [0.4, 0.5) is 10.1 Å². The number of nitrogens with zero attached hydrogens (tertiary/aromatic N) is 2. The van der Waals surface area contributed by atoms with E-state index in [1.165, 1.54) is 6.07 Å². The summed E-state index contributed by atoms with van der Waals surface area (Å²) in [5.41, 5.74) is 4.86. The van der Waals surface area contributed by atoms with E-state index in [4.69, 9.17) is 11.0 Å². The van der Waals surface area contributed by atoms with Gasteiger partial charge in [0.2, 0.25) is 5.82 Å². The predicted molar refractivity (Wildman–Crippen MR) is 45.6 cm³/mol. The molecule has 0 aliphatic rings. The van der Waals surface area contributed by atoms with E-state index in [9.17, 15) is 14.5 Å². The van der Waals surface area contributed by atoms with E-state index in [1.54, 1.807) is 6.07 Å². The second-order valence-corrected chi connectivity index (χ2v) is 2.57. The summed E-state index contributed by atoms with van der Waals surface area (Å²) in [6.45, 7) is 0. The van der Waals surface area contributed by atoms with Gasteiger partial charge in [-0.25, -0.2) is 0 Å². The van der Waals surface area contributed by atoms with Gasteiger partial charge in [-0.2, -0.15) is 9.65 Å². The molecular formula is C8H6FN3O2. The van der Waals surface area contributed by atoms with Gasteiger partial charge in [0.25, 0.3) is 0 Å². The minimum Gasteiger partial charge on any atom is -0.312 e. The molecule has 1 atom stereocenters. The molecule has 6 heteroatoms. The molecular weight excluding hydrogens is 189 g/mol. The highest BCUT2D eigenvalue weighted by atomic mass is 19.1. The van der Waals surface area contributed by atoms with E-state index in [-0.39, 0.29) is 5.56 Å². The van der Waals surface area contributed by atoms with Crippen LogP contribution in [-0.4, -0.2) is 4.92 Å². The smallest absolute Gasteiger partial charge is 0.305 e. The third-order valence-electron chi connectivity index (χ3n) is 1.67. The van der Waals surface area contributed by atoms with E-state index >= 15 is 0 Å². The Bertz CT molecular complexity index is 414. The lowest BCUT2D eigenvalue weighted by atomic mass is 10.1. The summed E-state index contributed by atoms with van der Waals surface area (Å²) < 4.78 is 12.8. The number of rotatable bonds is 2. The maximum absolute atomic E-state index is 12.8. The van der Waals surface area contributed by atoms with Gasteiger partial charge in [0.15, 0.2) is 0 Å². The first kappa shape index (κ1) is 10.1. The summed E-state index contributed by atoms with van der Waals surface area (Å²) in [6.07, 6.45) is 0. The first-order valence-corrected chi connectivity index (χ1v) is 3.65. The first-order valence-electron chi connectivity index (χ1n) is 3.65. The van der Waals surface area contributed by atoms with Crippen LogP contribution in [0.5, 0.6) is 0 Å². The quantitative estimate of drug-likeness (QED) is 0.567. The van der Waals surface area contributed by atoms with E-state index in [2.05, 4.69) is 0 Å². The summed E-state index contributed by atoms with van der Waals surface area (Å²) in [5, 5.41) is 18.8. The van der Waals surface area contributed by atoms with E-state index < -0.39 is 22.5 Å². The lowest BCUT2D eigenvalue weighted by Crippen LogP contribution is -2.08. The standard InChI is InChI=1S/C8H6FN3O2/c9-6-2-1-5(7(11)4-10)3-8(6)12(13)14/h1-3,7H,11H2/t7-/m0/s1. The molecule has 5 nitrogen and oxygen atoms in total. The van der Waals surface area contributed by atoms with Crippen molar-refractivity contribution in [3.63, 3.8) is 0 Å². The summed E-state index contributed by atoms with van der Waals surface area (Å²) >= 11 is 0. The molecule has 0 aromatic heterocycles. The van der Waals surface area contributed by atoms with Crippen molar-refractivity contribution in [2.75, 3.05) is 0 Å². The Balaban J connectivity index is 3.21. The van der Waals surface area contributed by atoms with Crippen molar-refractivity contribution >= 4 is 5.69 Å². The molecule has 0 aliphatic heterocycles. The Morgan fingerprint density at radius 2 is 2.29 bits per heavy atom. The minimum atomic E-state index is -0.978. The van der Waals surface area contributed by atoms with Crippen LogP contribution in [0.15, 0.2) is 18.2 Å². The third-order valence-corrected chi connectivity index (χ3v) is 1.67. The Labute approximate surface area is 78.7 Å². The largest absolute Gasteiger partial charge is 0.312 e. The zero-order valence-electron chi connectivity index (χ0n) is 6.98. The maximum atomic E-state index is 12.8. The second kappa shape index (κ2) is 3.81. The molecule has 0 spiro atoms. The van der Waals surface area contributed by atoms with Crippen LogP contribution in [0.3, 0.4) is 0 Å². The monoisotopic (exact) mass is 195 g/mol. The van der Waals surface area contributed by atoms with Gasteiger partial charge in [-0.05, 0) is 11.6 Å². The van der Waals surface area contributed by atoms with Crippen molar-refractivity contribution in [1.29, 1.82) is 5.26 Å². The van der Waals surface area contributed by atoms with Crippen molar-refractivity contribution in [3.8, 4) is 6.07 Å². The Hall–Kier alpha value is -2.00. The predicted octanol–water partition coefficient (Wildman–Crippen LogP) is 1.26. The third kappa shape index (κ3) is 1.84. The van der Waals surface area contributed by atoms with Crippen molar-refractivity contribution < 1.29 is 9.31 Å². The minimum absolute atomic E-state index is 0.223. The highest BCUT2D eigenvalue weighted by Crippen LogP contribution is 2.21. The number of benzene rings is 1. The SMILES string of the molecule is N#C[C@H](N)c1ccc(F)c([N+](=O)[O-])c1. The fourth-order valence-corrected chi connectivity index (χ4v) is 0.938. The van der Waals surface area contributed by atoms with Gasteiger partial charge in [0.05, 0.1) is 11.0 Å². The molecule has 0 aliphatic carbocycles. The number of hydrogen-bond donors (Lipinski definition) is 1. The van der Waals surface area contributed by atoms with Crippen molar-refractivity contribution in [2.45, 2.75) is 6.04 Å². The number of nitro groups is 1. The Kier molecular flexibility index (Phi) is 2.74. The van der Waals surface area contributed by atoms with Crippen molar-refractivity contribution in [2.24, 2.45) is 5.73 Å². The number of nitro benzene ring substituents is 1. The zero-order chi connectivity index (χ0) is 10.7. The molecule has 1 rings (SSSR count). The van der Waals surface area contributed by atoms with Gasteiger partial charge >= 0.3 is 5.69 Å². The molecule has 0 unspecified atom stereocenters. The fraction of sp³-hybridized carbons (Fsp3) is 0.125. The fourth-order valence-electron chi connectivity index (χ4n) is 0.938. The molecule has 0 saturated heterocycles. The molecule has 72 valence electrons. The molecule has 1 aromatic rings. The van der Waals surface area contributed by atoms with Crippen LogP contribution < -0.4 is 5.73 Å². The van der Waals surface area contributed by atoms with E-state index in [0.29, 0.717) is 0 Å². The van der Waals surface area contributed by atoms with Gasteiger partial charge < -0.3 is 5.73 Å². The van der Waals surface area contributed by atoms with Crippen LogP contribution in [0.1, 0.15) is 11.6 Å². The molecule has 0 heterocycles. The average Bonchev–Trinajstić information content (AvgIpc) is 2.17. The molecule has 14 heavy (non-hydrogen) atoms. The number of nitrogens with two attached hydrogens (primary N) is 1. The highest BCUT2D eigenvalue weighted by molar-refractivity contribution is 5.38. The lowest BCUT2D eigenvalue weighted by molar-refractivity contribution is -0.387. The maximum Gasteiger partial charge on any atom is 0.305 e. The normalized spacial score (nSPS) is 11.8. The van der Waals surface area contributed by atoms with Crippen molar-refractivity contribution in [3.05, 3.63) is 39.7 Å². The van der Waals surface area contributed by atoms with Gasteiger partial charge in [-0.15, -0.1) is 0 Å². The van der Waals surface area contributed by atoms with Crippen LogP contribution in [0.2, 0.25) is 0 Å². The second-order valence-electron chi connectivity index (χ2n) is 2.57. The Morgan fingerprint density at radius 1 is 1.64 bits per heavy atom. The molecule has 1 aromatic carbocycles. The van der Waals surface area contributed by atoms with E-state index in [0.717, 1.165) is 12.1 Å². The first-order chi connectivity index (χ1) is 6.56. The van der Waals surface area contributed by atoms with Crippen molar-refractivity contribution in [1.82, 2.24) is 0 Å².